The van der Waals surface area contributed by atoms with Crippen LogP contribution in [0, 0.1) is 13.8 Å². The quantitative estimate of drug-likeness (QED) is 0.773. The summed E-state index contributed by atoms with van der Waals surface area (Å²) < 4.78 is 5.69. The van der Waals surface area contributed by atoms with E-state index in [2.05, 4.69) is 0 Å². The van der Waals surface area contributed by atoms with Crippen molar-refractivity contribution in [2.45, 2.75) is 26.4 Å². The molecule has 2 nitrogen and oxygen atoms in total. The molecule has 1 aliphatic rings. The molecule has 1 heterocycles. The molecule has 14 heavy (non-hydrogen) atoms. The molecule has 0 radical (unpaired) electrons. The molecule has 0 aliphatic carbocycles. The molecule has 1 aromatic rings. The molecule has 0 saturated carbocycles. The maximum absolute atomic E-state index is 6.17. The number of benzene rings is 1. The fourth-order valence-electron chi connectivity index (χ4n) is 1.90. The van der Waals surface area contributed by atoms with Crippen molar-refractivity contribution in [1.29, 1.82) is 0 Å². The SMILES string of the molecule is Cc1cc2c(c(C)c1Cl)CC(CN)O2. The lowest BCUT2D eigenvalue weighted by Gasteiger charge is -2.08. The van der Waals surface area contributed by atoms with Gasteiger partial charge in [-0.05, 0) is 31.0 Å². The van der Waals surface area contributed by atoms with Crippen LogP contribution in [-0.4, -0.2) is 12.6 Å². The van der Waals surface area contributed by atoms with Crippen molar-refractivity contribution >= 4 is 11.6 Å². The average Bonchev–Trinajstić information content (AvgIpc) is 2.57. The van der Waals surface area contributed by atoms with Gasteiger partial charge in [-0.3, -0.25) is 0 Å². The Labute approximate surface area is 89.0 Å². The third kappa shape index (κ3) is 1.39. The highest BCUT2D eigenvalue weighted by Crippen LogP contribution is 2.36. The lowest BCUT2D eigenvalue weighted by atomic mass is 10.0. The molecule has 1 unspecified atom stereocenters. The summed E-state index contributed by atoms with van der Waals surface area (Å²) in [4.78, 5) is 0. The van der Waals surface area contributed by atoms with Gasteiger partial charge in [0.25, 0.3) is 0 Å². The summed E-state index contributed by atoms with van der Waals surface area (Å²) >= 11 is 6.17. The summed E-state index contributed by atoms with van der Waals surface area (Å²) in [5, 5.41) is 0.852. The normalized spacial score (nSPS) is 19.3. The number of hydrogen-bond donors (Lipinski definition) is 1. The Balaban J connectivity index is 2.48. The first kappa shape index (κ1) is 9.81. The van der Waals surface area contributed by atoms with Crippen molar-refractivity contribution in [3.63, 3.8) is 0 Å². The van der Waals surface area contributed by atoms with Crippen molar-refractivity contribution in [3.05, 3.63) is 27.8 Å². The molecule has 76 valence electrons. The second kappa shape index (κ2) is 3.44. The van der Waals surface area contributed by atoms with Gasteiger partial charge in [-0.1, -0.05) is 11.6 Å². The highest BCUT2D eigenvalue weighted by atomic mass is 35.5. The largest absolute Gasteiger partial charge is 0.488 e. The minimum atomic E-state index is 0.126. The maximum atomic E-state index is 6.17. The Hall–Kier alpha value is -0.730. The predicted molar refractivity (Wildman–Crippen MR) is 58.1 cm³/mol. The molecular formula is C11H14ClNO. The summed E-state index contributed by atoms with van der Waals surface area (Å²) in [7, 11) is 0. The molecular weight excluding hydrogens is 198 g/mol. The van der Waals surface area contributed by atoms with E-state index in [4.69, 9.17) is 22.1 Å². The molecule has 2 rings (SSSR count). The lowest BCUT2D eigenvalue weighted by Crippen LogP contribution is -2.24. The first-order valence-corrected chi connectivity index (χ1v) is 5.16. The Morgan fingerprint density at radius 3 is 2.93 bits per heavy atom. The molecule has 0 fully saturated rings. The molecule has 0 spiro atoms. The molecule has 1 aliphatic heterocycles. The monoisotopic (exact) mass is 211 g/mol. The van der Waals surface area contributed by atoms with Crippen molar-refractivity contribution in [1.82, 2.24) is 0 Å². The van der Waals surface area contributed by atoms with Gasteiger partial charge >= 0.3 is 0 Å². The smallest absolute Gasteiger partial charge is 0.123 e. The van der Waals surface area contributed by atoms with E-state index in [1.54, 1.807) is 0 Å². The summed E-state index contributed by atoms with van der Waals surface area (Å²) in [6.07, 6.45) is 1.01. The van der Waals surface area contributed by atoms with Crippen LogP contribution in [0.15, 0.2) is 6.07 Å². The van der Waals surface area contributed by atoms with Crippen LogP contribution in [-0.2, 0) is 6.42 Å². The molecule has 1 atom stereocenters. The van der Waals surface area contributed by atoms with Crippen LogP contribution in [0.25, 0.3) is 0 Å². The minimum Gasteiger partial charge on any atom is -0.488 e. The molecule has 0 amide bonds. The third-order valence-corrected chi connectivity index (χ3v) is 3.34. The van der Waals surface area contributed by atoms with E-state index in [1.165, 1.54) is 5.56 Å². The fraction of sp³-hybridized carbons (Fsp3) is 0.455. The number of hydrogen-bond acceptors (Lipinski definition) is 2. The molecule has 2 N–H and O–H groups in total. The third-order valence-electron chi connectivity index (χ3n) is 2.76. The zero-order valence-electron chi connectivity index (χ0n) is 8.43. The Bertz CT molecular complexity index is 376. The number of aryl methyl sites for hydroxylation is 1. The second-order valence-corrected chi connectivity index (χ2v) is 4.17. The Morgan fingerprint density at radius 1 is 1.57 bits per heavy atom. The topological polar surface area (TPSA) is 35.2 Å². The van der Waals surface area contributed by atoms with Crippen LogP contribution in [0.5, 0.6) is 5.75 Å². The minimum absolute atomic E-state index is 0.126. The van der Waals surface area contributed by atoms with E-state index in [-0.39, 0.29) is 6.10 Å². The highest BCUT2D eigenvalue weighted by molar-refractivity contribution is 6.32. The van der Waals surface area contributed by atoms with Crippen LogP contribution >= 0.6 is 11.6 Å². The molecule has 0 bridgehead atoms. The summed E-state index contributed by atoms with van der Waals surface area (Å²) in [5.74, 6) is 0.958. The summed E-state index contributed by atoms with van der Waals surface area (Å²) in [6.45, 7) is 4.59. The highest BCUT2D eigenvalue weighted by Gasteiger charge is 2.24. The number of ether oxygens (including phenoxy) is 1. The fourth-order valence-corrected chi connectivity index (χ4v) is 2.07. The molecule has 0 aromatic heterocycles. The Kier molecular flexibility index (Phi) is 2.41. The van der Waals surface area contributed by atoms with E-state index in [0.29, 0.717) is 6.54 Å². The molecule has 0 saturated heterocycles. The number of fused-ring (bicyclic) bond motifs is 1. The van der Waals surface area contributed by atoms with Gasteiger partial charge in [0.05, 0.1) is 0 Å². The average molecular weight is 212 g/mol. The van der Waals surface area contributed by atoms with Crippen molar-refractivity contribution in [3.8, 4) is 5.75 Å². The molecule has 1 aromatic carbocycles. The van der Waals surface area contributed by atoms with Crippen LogP contribution < -0.4 is 10.5 Å². The number of rotatable bonds is 1. The summed E-state index contributed by atoms with van der Waals surface area (Å²) in [6, 6.07) is 2.00. The van der Waals surface area contributed by atoms with Gasteiger partial charge in [-0.25, -0.2) is 0 Å². The van der Waals surface area contributed by atoms with Gasteiger partial charge in [-0.15, -0.1) is 0 Å². The van der Waals surface area contributed by atoms with Gasteiger partial charge in [-0.2, -0.15) is 0 Å². The van der Waals surface area contributed by atoms with Crippen LogP contribution in [0.1, 0.15) is 16.7 Å². The summed E-state index contributed by atoms with van der Waals surface area (Å²) in [5.41, 5.74) is 9.01. The van der Waals surface area contributed by atoms with E-state index in [9.17, 15) is 0 Å². The van der Waals surface area contributed by atoms with Crippen molar-refractivity contribution < 1.29 is 4.74 Å². The molecule has 3 heteroatoms. The van der Waals surface area contributed by atoms with Gasteiger partial charge < -0.3 is 10.5 Å². The van der Waals surface area contributed by atoms with Crippen LogP contribution in [0.2, 0.25) is 5.02 Å². The van der Waals surface area contributed by atoms with E-state index >= 15 is 0 Å². The van der Waals surface area contributed by atoms with E-state index < -0.39 is 0 Å². The number of halogens is 1. The maximum Gasteiger partial charge on any atom is 0.123 e. The number of nitrogens with two attached hydrogens (primary N) is 1. The standard InChI is InChI=1S/C11H14ClNO/c1-6-3-10-9(7(2)11(6)12)4-8(5-13)14-10/h3,8H,4-5,13H2,1-2H3. The predicted octanol–water partition coefficient (Wildman–Crippen LogP) is 2.22. The lowest BCUT2D eigenvalue weighted by molar-refractivity contribution is 0.241. The van der Waals surface area contributed by atoms with E-state index in [0.717, 1.165) is 28.3 Å². The van der Waals surface area contributed by atoms with Gasteiger partial charge in [0.2, 0.25) is 0 Å². The van der Waals surface area contributed by atoms with Gasteiger partial charge in [0.15, 0.2) is 0 Å². The van der Waals surface area contributed by atoms with Crippen LogP contribution in [0.4, 0.5) is 0 Å². The van der Waals surface area contributed by atoms with Crippen molar-refractivity contribution in [2.24, 2.45) is 5.73 Å². The second-order valence-electron chi connectivity index (χ2n) is 3.79. The van der Waals surface area contributed by atoms with Crippen molar-refractivity contribution in [2.75, 3.05) is 6.54 Å². The van der Waals surface area contributed by atoms with Gasteiger partial charge in [0.1, 0.15) is 11.9 Å². The zero-order valence-corrected chi connectivity index (χ0v) is 9.19. The van der Waals surface area contributed by atoms with Crippen LogP contribution in [0.3, 0.4) is 0 Å². The first-order chi connectivity index (χ1) is 6.63. The first-order valence-electron chi connectivity index (χ1n) is 4.78. The zero-order chi connectivity index (χ0) is 10.3. The Morgan fingerprint density at radius 2 is 2.29 bits per heavy atom. The van der Waals surface area contributed by atoms with Gasteiger partial charge in [0, 0.05) is 23.6 Å². The van der Waals surface area contributed by atoms with E-state index in [1.807, 2.05) is 19.9 Å².